The molecule has 1 amide bonds. The van der Waals surface area contributed by atoms with Crippen molar-refractivity contribution in [1.29, 1.82) is 0 Å². The van der Waals surface area contributed by atoms with E-state index in [1.54, 1.807) is 0 Å². The van der Waals surface area contributed by atoms with Crippen molar-refractivity contribution in [2.24, 2.45) is 0 Å². The summed E-state index contributed by atoms with van der Waals surface area (Å²) in [5.41, 5.74) is -0.442. The van der Waals surface area contributed by atoms with Crippen molar-refractivity contribution >= 4 is 6.09 Å². The summed E-state index contributed by atoms with van der Waals surface area (Å²) in [5, 5.41) is 3.35. The molecule has 0 bridgehead atoms. The number of hydrogen-bond acceptors (Lipinski definition) is 4. The Hall–Kier alpha value is -0.810. The molecule has 2 saturated heterocycles. The van der Waals surface area contributed by atoms with E-state index < -0.39 is 5.60 Å². The normalized spacial score (nSPS) is 25.4. The van der Waals surface area contributed by atoms with E-state index in [2.05, 4.69) is 5.32 Å². The van der Waals surface area contributed by atoms with E-state index in [1.165, 1.54) is 0 Å². The summed E-state index contributed by atoms with van der Waals surface area (Å²) >= 11 is 0. The highest BCUT2D eigenvalue weighted by Gasteiger charge is 2.38. The third-order valence-corrected chi connectivity index (χ3v) is 3.28. The molecule has 2 fully saturated rings. The highest BCUT2D eigenvalue weighted by Crippen LogP contribution is 2.22. The summed E-state index contributed by atoms with van der Waals surface area (Å²) < 4.78 is 10.7. The second-order valence-corrected chi connectivity index (χ2v) is 6.08. The molecule has 2 heterocycles. The molecule has 0 radical (unpaired) electrons. The van der Waals surface area contributed by atoms with Crippen molar-refractivity contribution in [1.82, 2.24) is 10.2 Å². The lowest BCUT2D eigenvalue weighted by Crippen LogP contribution is -2.60. The molecule has 1 atom stereocenters. The molecule has 0 saturated carbocycles. The van der Waals surface area contributed by atoms with E-state index >= 15 is 0 Å². The van der Waals surface area contributed by atoms with E-state index in [0.717, 1.165) is 25.9 Å². The number of ether oxygens (including phenoxy) is 2. The summed E-state index contributed by atoms with van der Waals surface area (Å²) in [6.45, 7) is 8.87. The van der Waals surface area contributed by atoms with Crippen LogP contribution in [0.25, 0.3) is 0 Å². The smallest absolute Gasteiger partial charge is 0.410 e. The second-order valence-electron chi connectivity index (χ2n) is 6.08. The van der Waals surface area contributed by atoms with Crippen LogP contribution < -0.4 is 5.32 Å². The summed E-state index contributed by atoms with van der Waals surface area (Å²) in [4.78, 5) is 14.2. The average molecular weight is 256 g/mol. The molecule has 2 aliphatic heterocycles. The van der Waals surface area contributed by atoms with Gasteiger partial charge in [-0.2, -0.15) is 0 Å². The number of carbonyl (C=O) groups excluding carboxylic acids is 1. The van der Waals surface area contributed by atoms with E-state index in [0.29, 0.717) is 13.2 Å². The SMILES string of the molecule is CC(C)(C)OC(=O)N(C1CCCNC1)C1COC1. The third-order valence-electron chi connectivity index (χ3n) is 3.28. The van der Waals surface area contributed by atoms with Gasteiger partial charge in [0.05, 0.1) is 19.3 Å². The van der Waals surface area contributed by atoms with Gasteiger partial charge >= 0.3 is 6.09 Å². The van der Waals surface area contributed by atoms with Crippen LogP contribution in [0, 0.1) is 0 Å². The predicted octanol–water partition coefficient (Wildman–Crippen LogP) is 1.37. The van der Waals surface area contributed by atoms with Gasteiger partial charge in [0.1, 0.15) is 5.60 Å². The van der Waals surface area contributed by atoms with Gasteiger partial charge in [0, 0.05) is 12.6 Å². The molecule has 0 aromatic heterocycles. The summed E-state index contributed by atoms with van der Waals surface area (Å²) in [6.07, 6.45) is 1.95. The Morgan fingerprint density at radius 2 is 2.06 bits per heavy atom. The van der Waals surface area contributed by atoms with Crippen LogP contribution in [-0.2, 0) is 9.47 Å². The second kappa shape index (κ2) is 5.45. The lowest BCUT2D eigenvalue weighted by Gasteiger charge is -2.43. The Morgan fingerprint density at radius 3 is 2.50 bits per heavy atom. The van der Waals surface area contributed by atoms with E-state index in [-0.39, 0.29) is 18.2 Å². The molecule has 0 aliphatic carbocycles. The molecule has 1 unspecified atom stereocenters. The van der Waals surface area contributed by atoms with E-state index in [1.807, 2.05) is 25.7 Å². The van der Waals surface area contributed by atoms with E-state index in [4.69, 9.17) is 9.47 Å². The summed E-state index contributed by atoms with van der Waals surface area (Å²) in [6, 6.07) is 0.423. The number of amides is 1. The van der Waals surface area contributed by atoms with Gasteiger partial charge in [0.25, 0.3) is 0 Å². The first-order valence-corrected chi connectivity index (χ1v) is 6.77. The van der Waals surface area contributed by atoms with Crippen LogP contribution in [-0.4, -0.2) is 55.0 Å². The molecule has 5 heteroatoms. The molecule has 18 heavy (non-hydrogen) atoms. The van der Waals surface area contributed by atoms with Crippen LogP contribution in [0.4, 0.5) is 4.79 Å². The van der Waals surface area contributed by atoms with Crippen molar-refractivity contribution in [3.8, 4) is 0 Å². The maximum absolute atomic E-state index is 12.3. The van der Waals surface area contributed by atoms with Gasteiger partial charge in [-0.15, -0.1) is 0 Å². The van der Waals surface area contributed by atoms with Gasteiger partial charge < -0.3 is 14.8 Å². The molecule has 2 rings (SSSR count). The number of rotatable bonds is 2. The first-order chi connectivity index (χ1) is 8.47. The summed E-state index contributed by atoms with van der Waals surface area (Å²) in [7, 11) is 0. The molecule has 104 valence electrons. The summed E-state index contributed by atoms with van der Waals surface area (Å²) in [5.74, 6) is 0. The van der Waals surface area contributed by atoms with Crippen molar-refractivity contribution in [3.63, 3.8) is 0 Å². The minimum Gasteiger partial charge on any atom is -0.444 e. The molecule has 2 aliphatic rings. The van der Waals surface area contributed by atoms with Crippen molar-refractivity contribution in [3.05, 3.63) is 0 Å². The van der Waals surface area contributed by atoms with Crippen LogP contribution in [0.3, 0.4) is 0 Å². The highest BCUT2D eigenvalue weighted by atomic mass is 16.6. The Morgan fingerprint density at radius 1 is 1.33 bits per heavy atom. The van der Waals surface area contributed by atoms with Crippen LogP contribution in [0.2, 0.25) is 0 Å². The molecule has 1 N–H and O–H groups in total. The molecule has 0 aromatic carbocycles. The number of carbonyl (C=O) groups is 1. The number of piperidine rings is 1. The van der Waals surface area contributed by atoms with Gasteiger partial charge in [-0.25, -0.2) is 4.79 Å². The van der Waals surface area contributed by atoms with Gasteiger partial charge in [0.15, 0.2) is 0 Å². The van der Waals surface area contributed by atoms with Gasteiger partial charge in [-0.3, -0.25) is 4.90 Å². The lowest BCUT2D eigenvalue weighted by molar-refractivity contribution is -0.0848. The fourth-order valence-corrected chi connectivity index (χ4v) is 2.37. The van der Waals surface area contributed by atoms with Crippen molar-refractivity contribution < 1.29 is 14.3 Å². The topological polar surface area (TPSA) is 50.8 Å². The Balaban J connectivity index is 2.01. The highest BCUT2D eigenvalue weighted by molar-refractivity contribution is 5.69. The fourth-order valence-electron chi connectivity index (χ4n) is 2.37. The van der Waals surface area contributed by atoms with E-state index in [9.17, 15) is 4.79 Å². The van der Waals surface area contributed by atoms with Gasteiger partial charge in [-0.1, -0.05) is 0 Å². The van der Waals surface area contributed by atoms with Gasteiger partial charge in [-0.05, 0) is 40.2 Å². The van der Waals surface area contributed by atoms with Crippen molar-refractivity contribution in [2.45, 2.75) is 51.3 Å². The monoisotopic (exact) mass is 256 g/mol. The fraction of sp³-hybridized carbons (Fsp3) is 0.923. The Kier molecular flexibility index (Phi) is 4.12. The first-order valence-electron chi connectivity index (χ1n) is 6.77. The van der Waals surface area contributed by atoms with Crippen LogP contribution >= 0.6 is 0 Å². The zero-order valence-electron chi connectivity index (χ0n) is 11.6. The maximum Gasteiger partial charge on any atom is 0.410 e. The van der Waals surface area contributed by atoms with Crippen LogP contribution in [0.15, 0.2) is 0 Å². The van der Waals surface area contributed by atoms with Crippen molar-refractivity contribution in [2.75, 3.05) is 26.3 Å². The zero-order valence-corrected chi connectivity index (χ0v) is 11.6. The molecule has 0 spiro atoms. The molecular formula is C13H24N2O3. The number of hydrogen-bond donors (Lipinski definition) is 1. The lowest BCUT2D eigenvalue weighted by atomic mass is 10.0. The molecular weight excluding hydrogens is 232 g/mol. The minimum absolute atomic E-state index is 0.185. The first kappa shape index (κ1) is 13.6. The largest absolute Gasteiger partial charge is 0.444 e. The standard InChI is InChI=1S/C13H24N2O3/c1-13(2,3)18-12(16)15(11-8-17-9-11)10-5-4-6-14-7-10/h10-11,14H,4-9H2,1-3H3. The Labute approximate surface area is 109 Å². The maximum atomic E-state index is 12.3. The van der Waals surface area contributed by atoms with Crippen LogP contribution in [0.5, 0.6) is 0 Å². The van der Waals surface area contributed by atoms with Crippen LogP contribution in [0.1, 0.15) is 33.6 Å². The quantitative estimate of drug-likeness (QED) is 0.811. The zero-order chi connectivity index (χ0) is 13.2. The molecule has 5 nitrogen and oxygen atoms in total. The number of nitrogens with one attached hydrogen (secondary N) is 1. The Bertz CT molecular complexity index is 291. The minimum atomic E-state index is -0.442. The average Bonchev–Trinajstić information content (AvgIpc) is 2.21. The third kappa shape index (κ3) is 3.36. The molecule has 0 aromatic rings. The van der Waals surface area contributed by atoms with Gasteiger partial charge in [0.2, 0.25) is 0 Å². The predicted molar refractivity (Wildman–Crippen MR) is 68.6 cm³/mol. The number of nitrogens with zero attached hydrogens (tertiary/aromatic N) is 1.